The van der Waals surface area contributed by atoms with Gasteiger partial charge in [-0.1, -0.05) is 54.6 Å². The fraction of sp³-hybridized carbons (Fsp3) is 0.238. The van der Waals surface area contributed by atoms with Crippen molar-refractivity contribution in [2.75, 3.05) is 6.54 Å². The Morgan fingerprint density at radius 2 is 1.67 bits per heavy atom. The zero-order valence-corrected chi connectivity index (χ0v) is 16.5. The zero-order valence-electron chi connectivity index (χ0n) is 16.5. The van der Waals surface area contributed by atoms with E-state index in [9.17, 15) is 14.4 Å². The molecule has 3 amide bonds. The topological polar surface area (TPSA) is 142 Å². The molecule has 9 heteroatoms. The fourth-order valence-electron chi connectivity index (χ4n) is 3.47. The van der Waals surface area contributed by atoms with Crippen LogP contribution in [0.25, 0.3) is 0 Å². The second-order valence-electron chi connectivity index (χ2n) is 7.15. The summed E-state index contributed by atoms with van der Waals surface area (Å²) in [7, 11) is 0. The third-order valence-electron chi connectivity index (χ3n) is 5.10. The lowest BCUT2D eigenvalue weighted by Crippen LogP contribution is -2.44. The highest BCUT2D eigenvalue weighted by Gasteiger charge is 2.55. The largest absolute Gasteiger partial charge is 0.480 e. The van der Waals surface area contributed by atoms with Gasteiger partial charge in [-0.05, 0) is 23.6 Å². The molecule has 156 valence electrons. The summed E-state index contributed by atoms with van der Waals surface area (Å²) in [5, 5.41) is 9.17. The molecule has 1 unspecified atom stereocenters. The van der Waals surface area contributed by atoms with Crippen LogP contribution < -0.4 is 11.5 Å². The van der Waals surface area contributed by atoms with Crippen LogP contribution in [0.2, 0.25) is 0 Å². The van der Waals surface area contributed by atoms with Crippen LogP contribution >= 0.6 is 0 Å². The molecule has 1 heterocycles. The first-order valence-corrected chi connectivity index (χ1v) is 9.27. The van der Waals surface area contributed by atoms with Crippen LogP contribution in [0.15, 0.2) is 59.6 Å². The molecule has 1 aliphatic rings. The summed E-state index contributed by atoms with van der Waals surface area (Å²) in [4.78, 5) is 43.6. The number of hydrogen-bond donors (Lipinski definition) is 3. The normalized spacial score (nSPS) is 18.6. The molecule has 1 fully saturated rings. The Hall–Kier alpha value is -3.88. The quantitative estimate of drug-likeness (QED) is 0.357. The van der Waals surface area contributed by atoms with Crippen molar-refractivity contribution in [3.8, 4) is 0 Å². The van der Waals surface area contributed by atoms with Gasteiger partial charge in [0, 0.05) is 6.54 Å². The lowest BCUT2D eigenvalue weighted by atomic mass is 9.89. The van der Waals surface area contributed by atoms with Gasteiger partial charge in [0.05, 0.1) is 6.54 Å². The van der Waals surface area contributed by atoms with E-state index in [-0.39, 0.29) is 19.0 Å². The maximum Gasteiger partial charge on any atom is 0.328 e. The lowest BCUT2D eigenvalue weighted by molar-refractivity contribution is -0.143. The number of aliphatic imine (C=N–C) groups is 1. The molecule has 9 nitrogen and oxygen atoms in total. The van der Waals surface area contributed by atoms with E-state index in [1.807, 2.05) is 30.3 Å². The minimum atomic E-state index is -1.35. The number of imide groups is 1. The summed E-state index contributed by atoms with van der Waals surface area (Å²) in [6.45, 7) is 1.38. The van der Waals surface area contributed by atoms with E-state index in [0.29, 0.717) is 5.56 Å². The van der Waals surface area contributed by atoms with Gasteiger partial charge in [-0.3, -0.25) is 14.5 Å². The maximum absolute atomic E-state index is 13.2. The Labute approximate surface area is 173 Å². The number of nitrogens with zero attached hydrogens (tertiary/aromatic N) is 3. The van der Waals surface area contributed by atoms with E-state index in [4.69, 9.17) is 16.6 Å². The standard InChI is InChI=1S/C21H23N5O4/c1-21(16-9-7-14(8-10-16)11-24-19(22)23)18(29)25(13-17(27)28)20(30)26(21)12-15-5-3-2-4-6-15/h2-10H,11-13H2,1H3,(H,27,28)(H4,22,23,24). The molecule has 0 aliphatic carbocycles. The molecule has 0 saturated carbocycles. The molecule has 1 aliphatic heterocycles. The number of carbonyl (C=O) groups is 3. The lowest BCUT2D eigenvalue weighted by Gasteiger charge is -2.32. The highest BCUT2D eigenvalue weighted by Crippen LogP contribution is 2.38. The van der Waals surface area contributed by atoms with Gasteiger partial charge in [-0.2, -0.15) is 0 Å². The molecule has 0 spiro atoms. The van der Waals surface area contributed by atoms with Crippen molar-refractivity contribution in [1.82, 2.24) is 9.80 Å². The minimum Gasteiger partial charge on any atom is -0.480 e. The van der Waals surface area contributed by atoms with Gasteiger partial charge in [0.1, 0.15) is 12.1 Å². The Balaban J connectivity index is 1.99. The number of benzene rings is 2. The summed E-state index contributed by atoms with van der Waals surface area (Å²) in [6.07, 6.45) is 0. The van der Waals surface area contributed by atoms with Gasteiger partial charge in [0.25, 0.3) is 5.91 Å². The van der Waals surface area contributed by atoms with Crippen LogP contribution in [0, 0.1) is 0 Å². The summed E-state index contributed by atoms with van der Waals surface area (Å²) >= 11 is 0. The average Bonchev–Trinajstić information content (AvgIpc) is 2.89. The molecule has 2 aromatic carbocycles. The second kappa shape index (κ2) is 8.24. The number of hydrogen-bond acceptors (Lipinski definition) is 4. The number of amides is 3. The number of urea groups is 1. The van der Waals surface area contributed by atoms with Crippen LogP contribution in [0.5, 0.6) is 0 Å². The zero-order chi connectivity index (χ0) is 21.9. The molecule has 3 rings (SSSR count). The van der Waals surface area contributed by atoms with E-state index < -0.39 is 30.0 Å². The van der Waals surface area contributed by atoms with E-state index >= 15 is 0 Å². The first kappa shape index (κ1) is 20.8. The van der Waals surface area contributed by atoms with Crippen LogP contribution in [0.4, 0.5) is 4.79 Å². The summed E-state index contributed by atoms with van der Waals surface area (Å²) < 4.78 is 0. The molecule has 1 atom stereocenters. The fourth-order valence-corrected chi connectivity index (χ4v) is 3.47. The Morgan fingerprint density at radius 1 is 1.03 bits per heavy atom. The van der Waals surface area contributed by atoms with Crippen LogP contribution in [-0.4, -0.2) is 45.3 Å². The van der Waals surface area contributed by atoms with Gasteiger partial charge in [0.2, 0.25) is 0 Å². The molecule has 0 radical (unpaired) electrons. The molecular weight excluding hydrogens is 386 g/mol. The van der Waals surface area contributed by atoms with Gasteiger partial charge in [-0.25, -0.2) is 9.79 Å². The van der Waals surface area contributed by atoms with E-state index in [0.717, 1.165) is 16.0 Å². The van der Waals surface area contributed by atoms with Gasteiger partial charge in [0.15, 0.2) is 5.96 Å². The Bertz CT molecular complexity index is 986. The summed E-state index contributed by atoms with van der Waals surface area (Å²) in [5.74, 6) is -1.86. The summed E-state index contributed by atoms with van der Waals surface area (Å²) in [6, 6.07) is 15.6. The Morgan fingerprint density at radius 3 is 2.23 bits per heavy atom. The van der Waals surface area contributed by atoms with Crippen molar-refractivity contribution >= 4 is 23.9 Å². The molecular formula is C21H23N5O4. The van der Waals surface area contributed by atoms with Crippen molar-refractivity contribution in [2.45, 2.75) is 25.6 Å². The first-order valence-electron chi connectivity index (χ1n) is 9.27. The van der Waals surface area contributed by atoms with Crippen molar-refractivity contribution in [1.29, 1.82) is 0 Å². The van der Waals surface area contributed by atoms with E-state index in [2.05, 4.69) is 4.99 Å². The SMILES string of the molecule is CC1(c2ccc(CN=C(N)N)cc2)C(=O)N(CC(=O)O)C(=O)N1Cc1ccccc1. The first-order chi connectivity index (χ1) is 14.2. The molecule has 0 aromatic heterocycles. The second-order valence-corrected chi connectivity index (χ2v) is 7.15. The van der Waals surface area contributed by atoms with Gasteiger partial charge < -0.3 is 21.5 Å². The highest BCUT2D eigenvalue weighted by atomic mass is 16.4. The Kier molecular flexibility index (Phi) is 5.72. The van der Waals surface area contributed by atoms with Gasteiger partial charge in [-0.15, -0.1) is 0 Å². The molecule has 30 heavy (non-hydrogen) atoms. The number of carboxylic acid groups (broad SMARTS) is 1. The molecule has 2 aromatic rings. The highest BCUT2D eigenvalue weighted by molar-refractivity contribution is 6.08. The van der Waals surface area contributed by atoms with Crippen molar-refractivity contribution < 1.29 is 19.5 Å². The minimum absolute atomic E-state index is 0.0269. The summed E-state index contributed by atoms with van der Waals surface area (Å²) in [5.41, 5.74) is 11.6. The van der Waals surface area contributed by atoms with Crippen LogP contribution in [-0.2, 0) is 28.2 Å². The number of carboxylic acids is 1. The number of carbonyl (C=O) groups excluding carboxylic acids is 2. The monoisotopic (exact) mass is 409 g/mol. The van der Waals surface area contributed by atoms with Crippen molar-refractivity contribution in [2.24, 2.45) is 16.5 Å². The van der Waals surface area contributed by atoms with Gasteiger partial charge >= 0.3 is 12.0 Å². The van der Waals surface area contributed by atoms with E-state index in [1.54, 1.807) is 31.2 Å². The van der Waals surface area contributed by atoms with Crippen molar-refractivity contribution in [3.05, 3.63) is 71.3 Å². The molecule has 1 saturated heterocycles. The predicted octanol–water partition coefficient (Wildman–Crippen LogP) is 1.22. The van der Waals surface area contributed by atoms with E-state index in [1.165, 1.54) is 4.90 Å². The maximum atomic E-state index is 13.2. The van der Waals surface area contributed by atoms with Crippen molar-refractivity contribution in [3.63, 3.8) is 0 Å². The number of guanidine groups is 1. The number of aliphatic carboxylic acids is 1. The smallest absolute Gasteiger partial charge is 0.328 e. The third-order valence-corrected chi connectivity index (χ3v) is 5.10. The van der Waals surface area contributed by atoms with Crippen LogP contribution in [0.1, 0.15) is 23.6 Å². The molecule has 5 N–H and O–H groups in total. The average molecular weight is 409 g/mol. The third kappa shape index (κ3) is 3.95. The molecule has 0 bridgehead atoms. The number of rotatable bonds is 7. The predicted molar refractivity (Wildman–Crippen MR) is 110 cm³/mol. The number of nitrogens with two attached hydrogens (primary N) is 2. The van der Waals surface area contributed by atoms with Crippen LogP contribution in [0.3, 0.4) is 0 Å².